The molecule has 1 unspecified atom stereocenters. The Labute approximate surface area is 411 Å². The molecule has 2 aromatic rings. The van der Waals surface area contributed by atoms with Crippen LogP contribution in [0.25, 0.3) is 40.2 Å². The molecule has 8 atom stereocenters. The minimum absolute atomic E-state index is 0. The van der Waals surface area contributed by atoms with Crippen LogP contribution < -0.4 is 20.5 Å². The summed E-state index contributed by atoms with van der Waals surface area (Å²) in [4.78, 5) is 50.5. The molecule has 2 saturated heterocycles. The summed E-state index contributed by atoms with van der Waals surface area (Å²) in [6, 6.07) is -0.616. The second-order valence-electron chi connectivity index (χ2n) is 20.4. The van der Waals surface area contributed by atoms with Crippen LogP contribution in [0.4, 0.5) is 0 Å². The van der Waals surface area contributed by atoms with E-state index in [9.17, 15) is 19.5 Å². The molecular formula is C55H76MgN4O6-2. The van der Waals surface area contributed by atoms with Crippen molar-refractivity contribution in [3.05, 3.63) is 83.7 Å². The first-order chi connectivity index (χ1) is 30.9. The third-order valence-electron chi connectivity index (χ3n) is 15.0. The molecule has 3 aliphatic heterocycles. The Bertz CT molecular complexity index is 2340. The summed E-state index contributed by atoms with van der Waals surface area (Å²) < 4.78 is 11.1. The van der Waals surface area contributed by atoms with Crippen LogP contribution in [0.1, 0.15) is 178 Å². The van der Waals surface area contributed by atoms with Crippen molar-refractivity contribution in [2.45, 2.75) is 159 Å². The van der Waals surface area contributed by atoms with Crippen LogP contribution in [0.3, 0.4) is 0 Å². The molecule has 10 nitrogen and oxygen atoms in total. The number of aromatic nitrogens is 2. The Kier molecular flexibility index (Phi) is 18.8. The molecule has 66 heavy (non-hydrogen) atoms. The van der Waals surface area contributed by atoms with Crippen molar-refractivity contribution in [2.24, 2.45) is 47.3 Å². The van der Waals surface area contributed by atoms with Gasteiger partial charge in [-0.3, -0.25) is 14.4 Å². The van der Waals surface area contributed by atoms with E-state index >= 15 is 0 Å². The Morgan fingerprint density at radius 1 is 0.803 bits per heavy atom. The van der Waals surface area contributed by atoms with Crippen LogP contribution in [0.15, 0.2) is 28.7 Å². The van der Waals surface area contributed by atoms with Crippen LogP contribution in [-0.4, -0.2) is 65.6 Å². The molecule has 0 radical (unpaired) electrons. The Hall–Kier alpha value is -3.96. The summed E-state index contributed by atoms with van der Waals surface area (Å²) in [5.41, 5.74) is 8.21. The van der Waals surface area contributed by atoms with E-state index in [-0.39, 0.29) is 77.3 Å². The van der Waals surface area contributed by atoms with E-state index < -0.39 is 17.9 Å². The van der Waals surface area contributed by atoms with Crippen molar-refractivity contribution >= 4 is 70.3 Å². The van der Waals surface area contributed by atoms with Gasteiger partial charge in [0.15, 0.2) is 5.78 Å². The molecule has 356 valence electrons. The molecule has 6 rings (SSSR count). The molecular weight excluding hydrogens is 837 g/mol. The first-order valence-electron chi connectivity index (χ1n) is 24.7. The van der Waals surface area contributed by atoms with Crippen molar-refractivity contribution in [3.8, 4) is 0 Å². The number of fused-ring (bicyclic) bond motifs is 8. The zero-order valence-corrected chi connectivity index (χ0v) is 43.6. The van der Waals surface area contributed by atoms with Gasteiger partial charge < -0.3 is 35.2 Å². The summed E-state index contributed by atoms with van der Waals surface area (Å²) >= 11 is 0. The smallest absolute Gasteiger partial charge is 0.681 e. The molecule has 0 aromatic carbocycles. The zero-order valence-electron chi connectivity index (χ0n) is 42.2. The van der Waals surface area contributed by atoms with Crippen molar-refractivity contribution in [3.63, 3.8) is 0 Å². The third kappa shape index (κ3) is 11.8. The minimum Gasteiger partial charge on any atom is -0.681 e. The van der Waals surface area contributed by atoms with E-state index in [4.69, 9.17) is 30.1 Å². The van der Waals surface area contributed by atoms with Crippen LogP contribution in [-0.2, 0) is 19.1 Å². The number of ether oxygens (including phenoxy) is 2. The van der Waals surface area contributed by atoms with E-state index in [2.05, 4.69) is 55.4 Å². The number of esters is 2. The first kappa shape index (κ1) is 53.0. The van der Waals surface area contributed by atoms with E-state index in [1.165, 1.54) is 57.6 Å². The number of hydrogen-bond acceptors (Lipinski definition) is 6. The van der Waals surface area contributed by atoms with E-state index in [1.54, 1.807) is 6.92 Å². The van der Waals surface area contributed by atoms with Crippen LogP contribution >= 0.6 is 0 Å². The van der Waals surface area contributed by atoms with Crippen molar-refractivity contribution in [1.29, 1.82) is 0 Å². The van der Waals surface area contributed by atoms with Gasteiger partial charge in [-0.2, -0.15) is 17.1 Å². The van der Waals surface area contributed by atoms with E-state index in [0.29, 0.717) is 51.1 Å². The molecule has 11 heteroatoms. The number of methoxy groups -OCH3 is 1. The number of Topliss-reactive ketones (excluding diaryl/α,β-unsaturated/α-hetero) is 1. The van der Waals surface area contributed by atoms with Gasteiger partial charge >= 0.3 is 35.0 Å². The molecule has 8 bridgehead atoms. The number of carbonyl (C=O) groups is 3. The maximum Gasteiger partial charge on any atom is 2.00 e. The van der Waals surface area contributed by atoms with Gasteiger partial charge in [-0.25, -0.2) is 0 Å². The largest absolute Gasteiger partial charge is 2.00 e. The molecule has 4 aliphatic rings. The van der Waals surface area contributed by atoms with Crippen LogP contribution in [0.5, 0.6) is 0 Å². The van der Waals surface area contributed by atoms with Gasteiger partial charge in [-0.1, -0.05) is 146 Å². The van der Waals surface area contributed by atoms with Crippen molar-refractivity contribution in [1.82, 2.24) is 9.97 Å². The molecule has 0 saturated carbocycles. The fourth-order valence-corrected chi connectivity index (χ4v) is 10.9. The zero-order chi connectivity index (χ0) is 47.3. The average Bonchev–Trinajstić information content (AvgIpc) is 4.00. The monoisotopic (exact) mass is 913 g/mol. The normalized spacial score (nSPS) is 25.5. The maximum atomic E-state index is 13.6. The van der Waals surface area contributed by atoms with Crippen LogP contribution in [0.2, 0.25) is 0 Å². The number of carbonyl (C=O) groups excluding carboxylic acids is 3. The number of hydrogen-bond donors (Lipinski definition) is 1. The number of ketones is 1. The number of nitrogens with zero attached hydrogens (tertiary/aromatic N) is 4. The summed E-state index contributed by atoms with van der Waals surface area (Å²) in [5, 5.41) is 23.4. The summed E-state index contributed by atoms with van der Waals surface area (Å²) in [5.74, 6) is -0.112. The van der Waals surface area contributed by atoms with Gasteiger partial charge in [0.2, 0.25) is 0 Å². The predicted molar refractivity (Wildman–Crippen MR) is 268 cm³/mol. The molecule has 1 N–H and O–H groups in total. The third-order valence-corrected chi connectivity index (χ3v) is 15.0. The predicted octanol–water partition coefficient (Wildman–Crippen LogP) is 11.2. The van der Waals surface area contributed by atoms with Gasteiger partial charge in [0.25, 0.3) is 0 Å². The van der Waals surface area contributed by atoms with Crippen molar-refractivity contribution in [2.75, 3.05) is 13.7 Å². The Balaban J connectivity index is 0.00000817. The van der Waals surface area contributed by atoms with Gasteiger partial charge in [-0.05, 0) is 94.5 Å². The topological polar surface area (TPSA) is 146 Å². The van der Waals surface area contributed by atoms with Crippen LogP contribution in [0, 0.1) is 61.2 Å². The first-order valence-corrected chi connectivity index (χ1v) is 24.7. The SMILES string of the molecule is CC[C@H]1/C2=C/c3[n-]c4c(c3C)=C(O)[C@H](C(=O)OC)C=4C3[N-]/C(=C\c4[n-]c(c(C(C)=O)c4C)/C=C(\[N-]2)[C@@H]1C)[C@@H](C)[C@@H]3CCC(=O)OC/C=C(/C)CCC[C@H](C)CCC[C@H](C)CCCC(C)C.[Mg+2]. The quantitative estimate of drug-likeness (QED) is 0.0598. The molecule has 0 spiro atoms. The van der Waals surface area contributed by atoms with E-state index in [0.717, 1.165) is 59.3 Å². The van der Waals surface area contributed by atoms with Gasteiger partial charge in [0, 0.05) is 17.2 Å². The summed E-state index contributed by atoms with van der Waals surface area (Å²) in [6.07, 6.45) is 20.6. The van der Waals surface area contributed by atoms with Crippen molar-refractivity contribution < 1.29 is 29.0 Å². The second-order valence-corrected chi connectivity index (χ2v) is 20.4. The Morgan fingerprint density at radius 3 is 2.06 bits per heavy atom. The molecule has 0 amide bonds. The number of aliphatic hydroxyl groups excluding tert-OH is 1. The average molecular weight is 914 g/mol. The number of rotatable bonds is 20. The molecule has 1 aliphatic carbocycles. The number of aliphatic hydroxyl groups is 1. The molecule has 2 aromatic heterocycles. The fraction of sp³-hybridized carbons (Fsp3) is 0.618. The standard InChI is InChI=1S/C55H77N4O6.Mg/c1-13-39-34(7)41-29-46-48(38(11)60)36(9)43(57-46)27-42-35(8)40(52(58-42)50-51(55(63)64-12)54(62)49-37(10)44(59-53(49)50)28-45(39)56-41)23-24-47(61)65-26-25-33(6)22-16-21-32(5)20-15-19-31(4)18-14-17-30(2)3;/h25,27-32,34-35,39-40,51-52H,13-24,26H2,1-12H3,(H2-,56,57,60,62);/q-3;+2/p-1/b33-25-,42-27-,45-28-;/t31-,32-,34-,35+,39-,40+,51-,52?;/m1./s1. The summed E-state index contributed by atoms with van der Waals surface area (Å²) in [6.45, 7) is 23.5. The second kappa shape index (κ2) is 23.4. The summed E-state index contributed by atoms with van der Waals surface area (Å²) in [7, 11) is 1.32. The number of allylic oxidation sites excluding steroid dienone is 4. The Morgan fingerprint density at radius 2 is 1.42 bits per heavy atom. The van der Waals surface area contributed by atoms with Gasteiger partial charge in [0.1, 0.15) is 18.3 Å². The molecule has 5 heterocycles. The maximum absolute atomic E-state index is 13.6. The van der Waals surface area contributed by atoms with Gasteiger partial charge in [0.05, 0.1) is 7.11 Å². The molecule has 2 fully saturated rings. The minimum atomic E-state index is -1.10. The van der Waals surface area contributed by atoms with E-state index in [1.807, 2.05) is 38.2 Å². The van der Waals surface area contributed by atoms with Gasteiger partial charge in [-0.15, -0.1) is 22.4 Å². The fourth-order valence-electron chi connectivity index (χ4n) is 10.9.